The second-order valence-electron chi connectivity index (χ2n) is 4.19. The van der Waals surface area contributed by atoms with Crippen LogP contribution in [0.2, 0.25) is 0 Å². The van der Waals surface area contributed by atoms with Crippen LogP contribution < -0.4 is 5.32 Å². The molecule has 1 aromatic heterocycles. The zero-order chi connectivity index (χ0) is 12.7. The standard InChI is InChI=1S/C12H21N3OS/c1-4-6-10(7-8-13-9(3)16)12-11(5-2)14-15-17-12/h10H,4-8H2,1-3H3,(H,13,16). The van der Waals surface area contributed by atoms with Crippen molar-refractivity contribution >= 4 is 17.4 Å². The van der Waals surface area contributed by atoms with E-state index < -0.39 is 0 Å². The van der Waals surface area contributed by atoms with Crippen molar-refractivity contribution < 1.29 is 4.79 Å². The molecule has 1 atom stereocenters. The Kier molecular flexibility index (Phi) is 6.11. The lowest BCUT2D eigenvalue weighted by molar-refractivity contribution is -0.118. The lowest BCUT2D eigenvalue weighted by Gasteiger charge is -2.15. The van der Waals surface area contributed by atoms with E-state index in [4.69, 9.17) is 0 Å². The van der Waals surface area contributed by atoms with Crippen LogP contribution in [0.3, 0.4) is 0 Å². The summed E-state index contributed by atoms with van der Waals surface area (Å²) in [7, 11) is 0. The highest BCUT2D eigenvalue weighted by atomic mass is 32.1. The first kappa shape index (κ1) is 14.1. The van der Waals surface area contributed by atoms with Crippen molar-refractivity contribution in [3.63, 3.8) is 0 Å². The number of carbonyl (C=O) groups is 1. The molecule has 0 aliphatic heterocycles. The molecule has 1 rings (SSSR count). The van der Waals surface area contributed by atoms with Gasteiger partial charge in [0, 0.05) is 13.5 Å². The second-order valence-corrected chi connectivity index (χ2v) is 4.98. The first-order chi connectivity index (χ1) is 8.19. The van der Waals surface area contributed by atoms with Crippen molar-refractivity contribution in [1.29, 1.82) is 0 Å². The minimum Gasteiger partial charge on any atom is -0.356 e. The van der Waals surface area contributed by atoms with E-state index in [1.165, 1.54) is 16.4 Å². The number of nitrogens with one attached hydrogen (secondary N) is 1. The molecule has 0 saturated carbocycles. The lowest BCUT2D eigenvalue weighted by atomic mass is 9.96. The van der Waals surface area contributed by atoms with Crippen molar-refractivity contribution in [2.45, 2.75) is 52.4 Å². The molecule has 0 spiro atoms. The minimum absolute atomic E-state index is 0.0402. The molecule has 0 aliphatic carbocycles. The number of aromatic nitrogens is 2. The van der Waals surface area contributed by atoms with E-state index in [1.807, 2.05) is 0 Å². The number of nitrogens with zero attached hydrogens (tertiary/aromatic N) is 2. The molecule has 4 nitrogen and oxygen atoms in total. The first-order valence-electron chi connectivity index (χ1n) is 6.24. The Balaban J connectivity index is 2.61. The van der Waals surface area contributed by atoms with Crippen LogP contribution in [0.4, 0.5) is 0 Å². The van der Waals surface area contributed by atoms with Crippen LogP contribution in [-0.4, -0.2) is 22.0 Å². The van der Waals surface area contributed by atoms with Crippen LogP contribution in [0.5, 0.6) is 0 Å². The maximum atomic E-state index is 10.9. The van der Waals surface area contributed by atoms with Crippen LogP contribution >= 0.6 is 11.5 Å². The van der Waals surface area contributed by atoms with E-state index in [1.54, 1.807) is 6.92 Å². The first-order valence-corrected chi connectivity index (χ1v) is 7.01. The molecule has 0 aliphatic rings. The number of rotatable bonds is 7. The Morgan fingerprint density at radius 2 is 2.18 bits per heavy atom. The molecule has 1 amide bonds. The fraction of sp³-hybridized carbons (Fsp3) is 0.750. The fourth-order valence-electron chi connectivity index (χ4n) is 1.95. The summed E-state index contributed by atoms with van der Waals surface area (Å²) in [5, 5.41) is 7.02. The minimum atomic E-state index is 0.0402. The van der Waals surface area contributed by atoms with E-state index in [-0.39, 0.29) is 5.91 Å². The van der Waals surface area contributed by atoms with Gasteiger partial charge in [-0.15, -0.1) is 5.10 Å². The maximum absolute atomic E-state index is 10.9. The van der Waals surface area contributed by atoms with Crippen molar-refractivity contribution in [1.82, 2.24) is 14.9 Å². The van der Waals surface area contributed by atoms with Crippen LogP contribution in [0.25, 0.3) is 0 Å². The number of hydrogen-bond donors (Lipinski definition) is 1. The van der Waals surface area contributed by atoms with E-state index in [9.17, 15) is 4.79 Å². The van der Waals surface area contributed by atoms with Gasteiger partial charge in [0.25, 0.3) is 0 Å². The number of hydrogen-bond acceptors (Lipinski definition) is 4. The van der Waals surface area contributed by atoms with E-state index in [0.29, 0.717) is 5.92 Å². The zero-order valence-corrected chi connectivity index (χ0v) is 11.6. The topological polar surface area (TPSA) is 54.9 Å². The van der Waals surface area contributed by atoms with Crippen LogP contribution in [-0.2, 0) is 11.2 Å². The number of amides is 1. The SMILES string of the molecule is CCCC(CCNC(C)=O)c1snnc1CC. The van der Waals surface area contributed by atoms with Crippen LogP contribution in [0, 0.1) is 0 Å². The summed E-state index contributed by atoms with van der Waals surface area (Å²) in [6.07, 6.45) is 4.19. The molecule has 0 saturated heterocycles. The highest BCUT2D eigenvalue weighted by Gasteiger charge is 2.17. The number of aryl methyl sites for hydroxylation is 1. The smallest absolute Gasteiger partial charge is 0.216 e. The Bertz CT molecular complexity index is 351. The molecule has 96 valence electrons. The molecule has 5 heteroatoms. The Morgan fingerprint density at radius 3 is 2.76 bits per heavy atom. The molecule has 17 heavy (non-hydrogen) atoms. The monoisotopic (exact) mass is 255 g/mol. The summed E-state index contributed by atoms with van der Waals surface area (Å²) >= 11 is 1.51. The molecular weight excluding hydrogens is 234 g/mol. The van der Waals surface area contributed by atoms with Gasteiger partial charge >= 0.3 is 0 Å². The molecule has 0 bridgehead atoms. The van der Waals surface area contributed by atoms with Crippen molar-refractivity contribution in [2.75, 3.05) is 6.54 Å². The van der Waals surface area contributed by atoms with E-state index in [2.05, 4.69) is 28.8 Å². The van der Waals surface area contributed by atoms with E-state index in [0.717, 1.165) is 37.9 Å². The van der Waals surface area contributed by atoms with Gasteiger partial charge in [-0.1, -0.05) is 24.8 Å². The summed E-state index contributed by atoms with van der Waals surface area (Å²) in [5.74, 6) is 0.528. The van der Waals surface area contributed by atoms with Gasteiger partial charge in [0.15, 0.2) is 0 Å². The molecule has 1 N–H and O–H groups in total. The van der Waals surface area contributed by atoms with Crippen molar-refractivity contribution in [3.8, 4) is 0 Å². The third kappa shape index (κ3) is 4.42. The molecule has 0 fully saturated rings. The summed E-state index contributed by atoms with van der Waals surface area (Å²) in [4.78, 5) is 12.2. The van der Waals surface area contributed by atoms with Gasteiger partial charge in [0.05, 0.1) is 10.6 Å². The average molecular weight is 255 g/mol. The van der Waals surface area contributed by atoms with Gasteiger partial charge in [0.2, 0.25) is 5.91 Å². The van der Waals surface area contributed by atoms with Crippen molar-refractivity contribution in [2.24, 2.45) is 0 Å². The van der Waals surface area contributed by atoms with Crippen LogP contribution in [0.15, 0.2) is 0 Å². The summed E-state index contributed by atoms with van der Waals surface area (Å²) in [6, 6.07) is 0. The molecule has 0 radical (unpaired) electrons. The Hall–Kier alpha value is -0.970. The number of carbonyl (C=O) groups excluding carboxylic acids is 1. The van der Waals surface area contributed by atoms with Gasteiger partial charge in [-0.05, 0) is 36.7 Å². The lowest BCUT2D eigenvalue weighted by Crippen LogP contribution is -2.22. The van der Waals surface area contributed by atoms with Gasteiger partial charge in [0.1, 0.15) is 0 Å². The Morgan fingerprint density at radius 1 is 1.41 bits per heavy atom. The summed E-state index contributed by atoms with van der Waals surface area (Å²) in [6.45, 7) is 6.59. The Labute approximate surface area is 107 Å². The van der Waals surface area contributed by atoms with Gasteiger partial charge in [-0.2, -0.15) is 0 Å². The quantitative estimate of drug-likeness (QED) is 0.814. The summed E-state index contributed by atoms with van der Waals surface area (Å²) in [5.41, 5.74) is 1.12. The predicted molar refractivity (Wildman–Crippen MR) is 70.2 cm³/mol. The predicted octanol–water partition coefficient (Wildman–Crippen LogP) is 2.51. The zero-order valence-electron chi connectivity index (χ0n) is 10.8. The normalized spacial score (nSPS) is 12.4. The highest BCUT2D eigenvalue weighted by molar-refractivity contribution is 7.05. The van der Waals surface area contributed by atoms with E-state index >= 15 is 0 Å². The highest BCUT2D eigenvalue weighted by Crippen LogP contribution is 2.29. The van der Waals surface area contributed by atoms with Crippen molar-refractivity contribution in [3.05, 3.63) is 10.6 Å². The molecule has 1 heterocycles. The van der Waals surface area contributed by atoms with Gasteiger partial charge in [-0.25, -0.2) is 0 Å². The fourth-order valence-corrected chi connectivity index (χ4v) is 2.85. The second kappa shape index (κ2) is 7.37. The molecular formula is C12H21N3OS. The largest absolute Gasteiger partial charge is 0.356 e. The van der Waals surface area contributed by atoms with Gasteiger partial charge in [-0.3, -0.25) is 4.79 Å². The van der Waals surface area contributed by atoms with Crippen LogP contribution in [0.1, 0.15) is 56.5 Å². The summed E-state index contributed by atoms with van der Waals surface area (Å²) < 4.78 is 4.04. The molecule has 0 aromatic carbocycles. The maximum Gasteiger partial charge on any atom is 0.216 e. The third-order valence-corrected chi connectivity index (χ3v) is 3.72. The average Bonchev–Trinajstić information content (AvgIpc) is 2.75. The molecule has 1 aromatic rings. The third-order valence-electron chi connectivity index (χ3n) is 2.79. The van der Waals surface area contributed by atoms with Gasteiger partial charge < -0.3 is 5.32 Å². The molecule has 1 unspecified atom stereocenters.